The van der Waals surface area contributed by atoms with Gasteiger partial charge in [0.15, 0.2) is 0 Å². The molecule has 0 aliphatic carbocycles. The van der Waals surface area contributed by atoms with Gasteiger partial charge < -0.3 is 15.8 Å². The summed E-state index contributed by atoms with van der Waals surface area (Å²) < 4.78 is 4.70. The van der Waals surface area contributed by atoms with E-state index in [-0.39, 0.29) is 5.41 Å². The number of aromatic nitrogens is 1. The average molecular weight is 305 g/mol. The number of hydrogen-bond acceptors (Lipinski definition) is 6. The zero-order chi connectivity index (χ0) is 15.5. The quantitative estimate of drug-likeness (QED) is 0.831. The minimum atomic E-state index is -0.463. The third-order valence-corrected chi connectivity index (χ3v) is 4.48. The van der Waals surface area contributed by atoms with Crippen LogP contribution in [0.1, 0.15) is 29.1 Å². The van der Waals surface area contributed by atoms with Gasteiger partial charge >= 0.3 is 5.97 Å². The van der Waals surface area contributed by atoms with Gasteiger partial charge in [-0.05, 0) is 17.5 Å². The number of hydrogen-bond donors (Lipinski definition) is 2. The van der Waals surface area contributed by atoms with Gasteiger partial charge in [0.1, 0.15) is 5.82 Å². The second-order valence-electron chi connectivity index (χ2n) is 5.36. The monoisotopic (exact) mass is 305 g/mol. The van der Waals surface area contributed by atoms with Gasteiger partial charge in [-0.1, -0.05) is 19.9 Å². The van der Waals surface area contributed by atoms with Crippen molar-refractivity contribution in [3.05, 3.63) is 40.2 Å². The van der Waals surface area contributed by atoms with Gasteiger partial charge in [-0.15, -0.1) is 11.3 Å². The molecule has 0 unspecified atom stereocenters. The van der Waals surface area contributed by atoms with E-state index in [1.807, 2.05) is 6.07 Å². The van der Waals surface area contributed by atoms with E-state index in [1.165, 1.54) is 18.2 Å². The zero-order valence-corrected chi connectivity index (χ0v) is 13.2. The van der Waals surface area contributed by atoms with E-state index in [0.717, 1.165) is 0 Å². The molecule has 21 heavy (non-hydrogen) atoms. The maximum absolute atomic E-state index is 11.6. The Hall–Kier alpha value is -2.08. The molecule has 0 aliphatic heterocycles. The minimum absolute atomic E-state index is 0.0251. The molecule has 0 aliphatic rings. The van der Waals surface area contributed by atoms with E-state index in [9.17, 15) is 4.79 Å². The van der Waals surface area contributed by atoms with Crippen LogP contribution in [0.2, 0.25) is 0 Å². The summed E-state index contributed by atoms with van der Waals surface area (Å²) in [4.78, 5) is 17.1. The van der Waals surface area contributed by atoms with Crippen LogP contribution >= 0.6 is 11.3 Å². The molecule has 3 N–H and O–H groups in total. The van der Waals surface area contributed by atoms with Crippen LogP contribution in [0.15, 0.2) is 29.8 Å². The molecule has 0 spiro atoms. The summed E-state index contributed by atoms with van der Waals surface area (Å²) in [6.45, 7) is 5.01. The van der Waals surface area contributed by atoms with E-state index in [2.05, 4.69) is 35.6 Å². The van der Waals surface area contributed by atoms with Crippen molar-refractivity contribution in [2.45, 2.75) is 19.3 Å². The number of carbonyl (C=O) groups excluding carboxylic acids is 1. The number of pyridine rings is 1. The Morgan fingerprint density at radius 1 is 1.52 bits per heavy atom. The van der Waals surface area contributed by atoms with E-state index < -0.39 is 5.97 Å². The first-order chi connectivity index (χ1) is 9.94. The van der Waals surface area contributed by atoms with Crippen LogP contribution in [0.3, 0.4) is 0 Å². The smallest absolute Gasteiger partial charge is 0.340 e. The molecule has 6 heteroatoms. The van der Waals surface area contributed by atoms with Gasteiger partial charge in [0.05, 0.1) is 24.6 Å². The predicted molar refractivity (Wildman–Crippen MR) is 85.8 cm³/mol. The highest BCUT2D eigenvalue weighted by atomic mass is 32.1. The molecule has 5 nitrogen and oxygen atoms in total. The van der Waals surface area contributed by atoms with Crippen LogP contribution in [0.4, 0.5) is 11.5 Å². The molecule has 0 radical (unpaired) electrons. The zero-order valence-electron chi connectivity index (χ0n) is 12.3. The van der Waals surface area contributed by atoms with Crippen molar-refractivity contribution < 1.29 is 9.53 Å². The van der Waals surface area contributed by atoms with Gasteiger partial charge in [0.2, 0.25) is 0 Å². The van der Waals surface area contributed by atoms with Crippen LogP contribution in [-0.2, 0) is 10.2 Å². The average Bonchev–Trinajstić information content (AvgIpc) is 3.00. The van der Waals surface area contributed by atoms with Crippen molar-refractivity contribution in [2.24, 2.45) is 0 Å². The summed E-state index contributed by atoms with van der Waals surface area (Å²) in [6, 6.07) is 5.77. The molecule has 2 heterocycles. The van der Waals surface area contributed by atoms with E-state index in [0.29, 0.717) is 23.6 Å². The Kier molecular flexibility index (Phi) is 4.47. The number of nitrogens with zero attached hydrogens (tertiary/aromatic N) is 1. The normalized spacial score (nSPS) is 11.2. The van der Waals surface area contributed by atoms with Crippen LogP contribution in [0, 0.1) is 0 Å². The second kappa shape index (κ2) is 6.13. The molecule has 0 atom stereocenters. The van der Waals surface area contributed by atoms with E-state index >= 15 is 0 Å². The van der Waals surface area contributed by atoms with Gasteiger partial charge in [-0.2, -0.15) is 0 Å². The topological polar surface area (TPSA) is 77.2 Å². The summed E-state index contributed by atoms with van der Waals surface area (Å²) in [7, 11) is 1.33. The molecule has 0 fully saturated rings. The number of methoxy groups -OCH3 is 1. The Morgan fingerprint density at radius 2 is 2.29 bits per heavy atom. The number of nitrogen functional groups attached to an aromatic ring is 1. The lowest BCUT2D eigenvalue weighted by Gasteiger charge is -2.24. The van der Waals surface area contributed by atoms with Crippen molar-refractivity contribution in [1.29, 1.82) is 0 Å². The fourth-order valence-electron chi connectivity index (χ4n) is 1.91. The van der Waals surface area contributed by atoms with Crippen molar-refractivity contribution in [2.75, 3.05) is 24.7 Å². The largest absolute Gasteiger partial charge is 0.465 e. The molecule has 2 rings (SSSR count). The second-order valence-corrected chi connectivity index (χ2v) is 6.31. The number of rotatable bonds is 5. The lowest BCUT2D eigenvalue weighted by Crippen LogP contribution is -2.27. The Morgan fingerprint density at radius 3 is 2.90 bits per heavy atom. The molecular weight excluding hydrogens is 286 g/mol. The number of nitrogens with one attached hydrogen (secondary N) is 1. The van der Waals surface area contributed by atoms with Crippen molar-refractivity contribution in [3.8, 4) is 0 Å². The highest BCUT2D eigenvalue weighted by Gasteiger charge is 2.22. The number of carbonyl (C=O) groups is 1. The number of thiophene rings is 1. The molecule has 2 aromatic rings. The fraction of sp³-hybridized carbons (Fsp3) is 0.333. The molecular formula is C15H19N3O2S. The highest BCUT2D eigenvalue weighted by Crippen LogP contribution is 2.28. The van der Waals surface area contributed by atoms with Crippen LogP contribution in [-0.4, -0.2) is 24.6 Å². The molecule has 0 bridgehead atoms. The highest BCUT2D eigenvalue weighted by molar-refractivity contribution is 7.10. The first-order valence-corrected chi connectivity index (χ1v) is 7.43. The number of anilines is 2. The Labute approximate surface area is 128 Å². The minimum Gasteiger partial charge on any atom is -0.465 e. The maximum Gasteiger partial charge on any atom is 0.340 e. The SMILES string of the molecule is COC(=O)c1cc(NCC(C)(C)c2cccs2)ncc1N. The van der Waals surface area contributed by atoms with Gasteiger partial charge in [0.25, 0.3) is 0 Å². The van der Waals surface area contributed by atoms with Gasteiger partial charge in [-0.3, -0.25) is 0 Å². The fourth-order valence-corrected chi connectivity index (χ4v) is 2.76. The molecule has 112 valence electrons. The first-order valence-electron chi connectivity index (χ1n) is 6.56. The third-order valence-electron chi connectivity index (χ3n) is 3.24. The molecule has 0 amide bonds. The Bertz CT molecular complexity index is 624. The number of nitrogens with two attached hydrogens (primary N) is 1. The molecule has 0 aromatic carbocycles. The van der Waals surface area contributed by atoms with Crippen molar-refractivity contribution in [1.82, 2.24) is 4.98 Å². The maximum atomic E-state index is 11.6. The van der Waals surface area contributed by atoms with Crippen LogP contribution in [0.5, 0.6) is 0 Å². The summed E-state index contributed by atoms with van der Waals surface area (Å²) in [5.74, 6) is 0.143. The van der Waals surface area contributed by atoms with Crippen molar-refractivity contribution in [3.63, 3.8) is 0 Å². The number of ether oxygens (including phenoxy) is 1. The third kappa shape index (κ3) is 3.52. The Balaban J connectivity index is 2.12. The van der Waals surface area contributed by atoms with Gasteiger partial charge in [-0.25, -0.2) is 9.78 Å². The van der Waals surface area contributed by atoms with Crippen LogP contribution in [0.25, 0.3) is 0 Å². The lowest BCUT2D eigenvalue weighted by atomic mass is 9.91. The summed E-state index contributed by atoms with van der Waals surface area (Å²) in [5, 5.41) is 5.32. The first kappa shape index (κ1) is 15.3. The number of esters is 1. The molecule has 0 saturated carbocycles. The lowest BCUT2D eigenvalue weighted by molar-refractivity contribution is 0.0602. The summed E-state index contributed by atoms with van der Waals surface area (Å²) >= 11 is 1.72. The predicted octanol–water partition coefficient (Wildman–Crippen LogP) is 2.90. The van der Waals surface area contributed by atoms with Crippen LogP contribution < -0.4 is 11.1 Å². The van der Waals surface area contributed by atoms with Gasteiger partial charge in [0, 0.05) is 16.8 Å². The summed E-state index contributed by atoms with van der Waals surface area (Å²) in [5.41, 5.74) is 6.34. The molecule has 2 aromatic heterocycles. The standard InChI is InChI=1S/C15H19N3O2S/c1-15(2,12-5-4-6-21-12)9-18-13-7-10(14(19)20-3)11(16)8-17-13/h4-8H,9,16H2,1-3H3,(H,17,18). The van der Waals surface area contributed by atoms with Crippen molar-refractivity contribution >= 4 is 28.8 Å². The summed E-state index contributed by atoms with van der Waals surface area (Å²) in [6.07, 6.45) is 1.47. The van der Waals surface area contributed by atoms with E-state index in [4.69, 9.17) is 10.5 Å². The molecule has 0 saturated heterocycles. The van der Waals surface area contributed by atoms with E-state index in [1.54, 1.807) is 17.4 Å².